The molecule has 2 rings (SSSR count). The first kappa shape index (κ1) is 5.02. The van der Waals surface area contributed by atoms with Gasteiger partial charge < -0.3 is 0 Å². The third-order valence-electron chi connectivity index (χ3n) is 1.65. The van der Waals surface area contributed by atoms with Gasteiger partial charge in [0.05, 0.1) is 0 Å². The maximum absolute atomic E-state index is 3.81. The lowest BCUT2D eigenvalue weighted by molar-refractivity contribution is 0.586. The lowest BCUT2D eigenvalue weighted by Crippen LogP contribution is -1.96. The second-order valence-corrected chi connectivity index (χ2v) is 2.57. The molecule has 0 atom stereocenters. The minimum absolute atomic E-state index is 0.0671. The predicted molar refractivity (Wildman–Crippen MR) is 30.8 cm³/mol. The molecule has 0 saturated heterocycles. The SMILES string of the molecule is C1CC1CC1N=NN=N1. The second-order valence-electron chi connectivity index (χ2n) is 2.57. The van der Waals surface area contributed by atoms with Gasteiger partial charge in [0, 0.05) is 0 Å². The van der Waals surface area contributed by atoms with Gasteiger partial charge in [-0.2, -0.15) is 0 Å². The van der Waals surface area contributed by atoms with E-state index in [1.165, 1.54) is 12.8 Å². The summed E-state index contributed by atoms with van der Waals surface area (Å²) in [5.74, 6) is 0.867. The molecule has 0 bridgehead atoms. The predicted octanol–water partition coefficient (Wildman–Crippen LogP) is 1.95. The largest absolute Gasteiger partial charge is 0.185 e. The summed E-state index contributed by atoms with van der Waals surface area (Å²) in [5.41, 5.74) is 0. The van der Waals surface area contributed by atoms with Gasteiger partial charge in [-0.1, -0.05) is 12.8 Å². The zero-order chi connectivity index (χ0) is 6.10. The standard InChI is InChI=1S/C5H8N4/c1-2-4(1)3-5-6-8-9-7-5/h4-5H,1-3H2. The van der Waals surface area contributed by atoms with Gasteiger partial charge in [-0.3, -0.25) is 0 Å². The Morgan fingerprint density at radius 2 is 1.78 bits per heavy atom. The molecule has 0 N–H and O–H groups in total. The third-order valence-corrected chi connectivity index (χ3v) is 1.65. The fourth-order valence-electron chi connectivity index (χ4n) is 0.934. The molecule has 0 aromatic carbocycles. The Bertz CT molecular complexity index is 146. The fraction of sp³-hybridized carbons (Fsp3) is 1.00. The summed E-state index contributed by atoms with van der Waals surface area (Å²) in [6.45, 7) is 0. The Balaban J connectivity index is 1.84. The van der Waals surface area contributed by atoms with Crippen molar-refractivity contribution < 1.29 is 0 Å². The Labute approximate surface area is 53.1 Å². The highest BCUT2D eigenvalue weighted by atomic mass is 15.6. The highest BCUT2D eigenvalue weighted by Gasteiger charge is 2.26. The van der Waals surface area contributed by atoms with Crippen LogP contribution in [0.3, 0.4) is 0 Å². The van der Waals surface area contributed by atoms with Crippen LogP contribution in [-0.4, -0.2) is 6.17 Å². The van der Waals surface area contributed by atoms with E-state index in [-0.39, 0.29) is 6.17 Å². The summed E-state index contributed by atoms with van der Waals surface area (Å²) < 4.78 is 0. The monoisotopic (exact) mass is 124 g/mol. The quantitative estimate of drug-likeness (QED) is 0.540. The number of nitrogens with zero attached hydrogens (tertiary/aromatic N) is 4. The van der Waals surface area contributed by atoms with Crippen molar-refractivity contribution in [1.29, 1.82) is 0 Å². The van der Waals surface area contributed by atoms with Crippen molar-refractivity contribution in [3.8, 4) is 0 Å². The second kappa shape index (κ2) is 1.86. The first-order chi connectivity index (χ1) is 4.45. The lowest BCUT2D eigenvalue weighted by atomic mass is 10.2. The molecule has 48 valence electrons. The summed E-state index contributed by atoms with van der Waals surface area (Å²) in [7, 11) is 0. The summed E-state index contributed by atoms with van der Waals surface area (Å²) in [6.07, 6.45) is 3.83. The van der Waals surface area contributed by atoms with Crippen molar-refractivity contribution in [2.24, 2.45) is 26.6 Å². The molecule has 0 spiro atoms. The van der Waals surface area contributed by atoms with E-state index in [0.717, 1.165) is 12.3 Å². The maximum Gasteiger partial charge on any atom is 0.185 e. The van der Waals surface area contributed by atoms with Gasteiger partial charge in [-0.25, -0.2) is 0 Å². The molecule has 9 heavy (non-hydrogen) atoms. The molecule has 4 heteroatoms. The van der Waals surface area contributed by atoms with Crippen LogP contribution >= 0.6 is 0 Å². The van der Waals surface area contributed by atoms with E-state index in [4.69, 9.17) is 0 Å². The maximum atomic E-state index is 3.81. The lowest BCUT2D eigenvalue weighted by Gasteiger charge is -1.94. The molecule has 1 heterocycles. The van der Waals surface area contributed by atoms with Gasteiger partial charge in [-0.15, -0.1) is 10.2 Å². The van der Waals surface area contributed by atoms with Crippen LogP contribution in [0.1, 0.15) is 19.3 Å². The molecule has 4 nitrogen and oxygen atoms in total. The van der Waals surface area contributed by atoms with Crippen molar-refractivity contribution in [1.82, 2.24) is 0 Å². The zero-order valence-electron chi connectivity index (χ0n) is 5.06. The number of rotatable bonds is 2. The molecule has 0 radical (unpaired) electrons. The van der Waals surface area contributed by atoms with E-state index in [1.54, 1.807) is 0 Å². The van der Waals surface area contributed by atoms with Gasteiger partial charge in [0.25, 0.3) is 0 Å². The summed E-state index contributed by atoms with van der Waals surface area (Å²) in [5, 5.41) is 14.5. The molecule has 2 aliphatic rings. The van der Waals surface area contributed by atoms with Crippen LogP contribution in [-0.2, 0) is 0 Å². The van der Waals surface area contributed by atoms with Gasteiger partial charge in [0.1, 0.15) is 0 Å². The van der Waals surface area contributed by atoms with E-state index >= 15 is 0 Å². The third kappa shape index (κ3) is 1.12. The van der Waals surface area contributed by atoms with Gasteiger partial charge in [0.15, 0.2) is 6.17 Å². The van der Waals surface area contributed by atoms with Crippen molar-refractivity contribution >= 4 is 0 Å². The normalized spacial score (nSPS) is 25.8. The minimum Gasteiger partial charge on any atom is -0.138 e. The molecule has 1 saturated carbocycles. The van der Waals surface area contributed by atoms with Crippen molar-refractivity contribution in [3.05, 3.63) is 0 Å². The molecule has 0 unspecified atom stereocenters. The van der Waals surface area contributed by atoms with Crippen LogP contribution < -0.4 is 0 Å². The molecule has 1 aliphatic heterocycles. The minimum atomic E-state index is 0.0671. The number of hydrogen-bond donors (Lipinski definition) is 0. The molecule has 0 aromatic heterocycles. The summed E-state index contributed by atoms with van der Waals surface area (Å²) in [6, 6.07) is 0. The summed E-state index contributed by atoms with van der Waals surface area (Å²) >= 11 is 0. The fourth-order valence-corrected chi connectivity index (χ4v) is 0.934. The highest BCUT2D eigenvalue weighted by molar-refractivity contribution is 4.78. The Morgan fingerprint density at radius 1 is 1.11 bits per heavy atom. The van der Waals surface area contributed by atoms with E-state index in [2.05, 4.69) is 20.7 Å². The molecular weight excluding hydrogens is 116 g/mol. The first-order valence-electron chi connectivity index (χ1n) is 3.25. The van der Waals surface area contributed by atoms with Crippen LogP contribution in [0.5, 0.6) is 0 Å². The molecule has 1 aliphatic carbocycles. The van der Waals surface area contributed by atoms with Gasteiger partial charge >= 0.3 is 0 Å². The van der Waals surface area contributed by atoms with Crippen molar-refractivity contribution in [2.45, 2.75) is 25.4 Å². The van der Waals surface area contributed by atoms with Crippen LogP contribution in [0, 0.1) is 5.92 Å². The number of hydrogen-bond acceptors (Lipinski definition) is 4. The van der Waals surface area contributed by atoms with E-state index in [1.807, 2.05) is 0 Å². The van der Waals surface area contributed by atoms with Crippen LogP contribution in [0.25, 0.3) is 0 Å². The van der Waals surface area contributed by atoms with Crippen molar-refractivity contribution in [3.63, 3.8) is 0 Å². The van der Waals surface area contributed by atoms with E-state index < -0.39 is 0 Å². The first-order valence-corrected chi connectivity index (χ1v) is 3.25. The van der Waals surface area contributed by atoms with Gasteiger partial charge in [0.2, 0.25) is 0 Å². The highest BCUT2D eigenvalue weighted by Crippen LogP contribution is 2.35. The van der Waals surface area contributed by atoms with Crippen molar-refractivity contribution in [2.75, 3.05) is 0 Å². The average Bonchev–Trinajstić information content (AvgIpc) is 2.46. The van der Waals surface area contributed by atoms with E-state index in [9.17, 15) is 0 Å². The Kier molecular flexibility index (Phi) is 1.04. The average molecular weight is 124 g/mol. The van der Waals surface area contributed by atoms with Gasteiger partial charge in [-0.05, 0) is 22.8 Å². The smallest absolute Gasteiger partial charge is 0.138 e. The Hall–Kier alpha value is -0.800. The molecule has 0 aromatic rings. The summed E-state index contributed by atoms with van der Waals surface area (Å²) in [4.78, 5) is 0. The van der Waals surface area contributed by atoms with Crippen LogP contribution in [0.2, 0.25) is 0 Å². The molecule has 1 fully saturated rings. The topological polar surface area (TPSA) is 49.4 Å². The zero-order valence-corrected chi connectivity index (χ0v) is 5.06. The Morgan fingerprint density at radius 3 is 2.33 bits per heavy atom. The van der Waals surface area contributed by atoms with Crippen LogP contribution in [0.15, 0.2) is 20.7 Å². The molecule has 0 amide bonds. The van der Waals surface area contributed by atoms with Crippen LogP contribution in [0.4, 0.5) is 0 Å². The molecular formula is C5H8N4. The van der Waals surface area contributed by atoms with E-state index in [0.29, 0.717) is 0 Å².